The van der Waals surface area contributed by atoms with Gasteiger partial charge in [-0.05, 0) is 24.7 Å². The zero-order valence-corrected chi connectivity index (χ0v) is 12.5. The van der Waals surface area contributed by atoms with Crippen molar-refractivity contribution in [3.63, 3.8) is 0 Å². The SMILES string of the molecule is CNC(=O)c1cccc([C@H]2CN(CC(N)=O)CCN2C)c1. The summed E-state index contributed by atoms with van der Waals surface area (Å²) in [5.41, 5.74) is 7.00. The van der Waals surface area contributed by atoms with E-state index in [1.165, 1.54) is 0 Å². The molecule has 1 aliphatic heterocycles. The Hall–Kier alpha value is -1.92. The van der Waals surface area contributed by atoms with Crippen LogP contribution in [-0.2, 0) is 4.79 Å². The molecule has 0 aromatic heterocycles. The first-order valence-corrected chi connectivity index (χ1v) is 7.04. The average molecular weight is 290 g/mol. The Bertz CT molecular complexity index is 532. The molecule has 6 nitrogen and oxygen atoms in total. The van der Waals surface area contributed by atoms with Crippen molar-refractivity contribution in [1.29, 1.82) is 0 Å². The van der Waals surface area contributed by atoms with Crippen LogP contribution in [0.4, 0.5) is 0 Å². The molecule has 1 aromatic carbocycles. The van der Waals surface area contributed by atoms with Crippen LogP contribution >= 0.6 is 0 Å². The molecule has 1 heterocycles. The molecule has 21 heavy (non-hydrogen) atoms. The Morgan fingerprint density at radius 2 is 2.14 bits per heavy atom. The average Bonchev–Trinajstić information content (AvgIpc) is 2.48. The van der Waals surface area contributed by atoms with Crippen molar-refractivity contribution < 1.29 is 9.59 Å². The van der Waals surface area contributed by atoms with Gasteiger partial charge in [-0.25, -0.2) is 0 Å². The van der Waals surface area contributed by atoms with E-state index in [2.05, 4.69) is 22.2 Å². The van der Waals surface area contributed by atoms with Crippen LogP contribution in [0.15, 0.2) is 24.3 Å². The van der Waals surface area contributed by atoms with Crippen molar-refractivity contribution in [2.24, 2.45) is 5.73 Å². The summed E-state index contributed by atoms with van der Waals surface area (Å²) in [6.45, 7) is 2.70. The summed E-state index contributed by atoms with van der Waals surface area (Å²) in [6.07, 6.45) is 0. The summed E-state index contributed by atoms with van der Waals surface area (Å²) in [4.78, 5) is 27.1. The second-order valence-corrected chi connectivity index (χ2v) is 5.40. The number of carbonyl (C=O) groups excluding carboxylic acids is 2. The summed E-state index contributed by atoms with van der Waals surface area (Å²) < 4.78 is 0. The molecule has 0 radical (unpaired) electrons. The Balaban J connectivity index is 2.18. The summed E-state index contributed by atoms with van der Waals surface area (Å²) in [5, 5.41) is 2.63. The molecule has 1 saturated heterocycles. The van der Waals surface area contributed by atoms with Gasteiger partial charge in [0.1, 0.15) is 0 Å². The minimum absolute atomic E-state index is 0.0932. The topological polar surface area (TPSA) is 78.7 Å². The number of nitrogens with one attached hydrogen (secondary N) is 1. The maximum atomic E-state index is 11.7. The van der Waals surface area contributed by atoms with E-state index < -0.39 is 0 Å². The van der Waals surface area contributed by atoms with Crippen LogP contribution in [0.1, 0.15) is 22.0 Å². The fourth-order valence-corrected chi connectivity index (χ4v) is 2.69. The lowest BCUT2D eigenvalue weighted by Crippen LogP contribution is -2.49. The van der Waals surface area contributed by atoms with Gasteiger partial charge in [0.25, 0.3) is 5.91 Å². The Labute approximate surface area is 124 Å². The first-order valence-electron chi connectivity index (χ1n) is 7.04. The van der Waals surface area contributed by atoms with Crippen molar-refractivity contribution in [2.45, 2.75) is 6.04 Å². The maximum absolute atomic E-state index is 11.7. The number of likely N-dealkylation sites (N-methyl/N-ethyl adjacent to an activating group) is 1. The highest BCUT2D eigenvalue weighted by molar-refractivity contribution is 5.94. The number of nitrogens with zero attached hydrogens (tertiary/aromatic N) is 2. The van der Waals surface area contributed by atoms with Crippen LogP contribution < -0.4 is 11.1 Å². The van der Waals surface area contributed by atoms with Crippen molar-refractivity contribution in [3.8, 4) is 0 Å². The van der Waals surface area contributed by atoms with Crippen molar-refractivity contribution in [3.05, 3.63) is 35.4 Å². The lowest BCUT2D eigenvalue weighted by Gasteiger charge is -2.39. The third-order valence-corrected chi connectivity index (χ3v) is 3.87. The molecule has 1 aromatic rings. The first kappa shape index (κ1) is 15.5. The molecule has 1 aliphatic rings. The fraction of sp³-hybridized carbons (Fsp3) is 0.467. The van der Waals surface area contributed by atoms with Gasteiger partial charge in [0.05, 0.1) is 6.54 Å². The monoisotopic (exact) mass is 290 g/mol. The smallest absolute Gasteiger partial charge is 0.251 e. The molecule has 0 spiro atoms. The highest BCUT2D eigenvalue weighted by Gasteiger charge is 2.26. The van der Waals surface area contributed by atoms with E-state index in [0.717, 1.165) is 25.2 Å². The zero-order chi connectivity index (χ0) is 15.4. The minimum atomic E-state index is -0.308. The molecule has 3 N–H and O–H groups in total. The number of nitrogens with two attached hydrogens (primary N) is 1. The van der Waals surface area contributed by atoms with E-state index in [4.69, 9.17) is 5.73 Å². The van der Waals surface area contributed by atoms with Gasteiger partial charge >= 0.3 is 0 Å². The predicted molar refractivity (Wildman–Crippen MR) is 80.8 cm³/mol. The summed E-state index contributed by atoms with van der Waals surface area (Å²) >= 11 is 0. The van der Waals surface area contributed by atoms with E-state index in [1.54, 1.807) is 13.1 Å². The molecule has 0 saturated carbocycles. The quantitative estimate of drug-likeness (QED) is 0.806. The largest absolute Gasteiger partial charge is 0.369 e. The van der Waals surface area contributed by atoms with Crippen LogP contribution in [0.25, 0.3) is 0 Å². The van der Waals surface area contributed by atoms with Crippen LogP contribution in [0.5, 0.6) is 0 Å². The Morgan fingerprint density at radius 1 is 1.38 bits per heavy atom. The third-order valence-electron chi connectivity index (χ3n) is 3.87. The van der Waals surface area contributed by atoms with Crippen LogP contribution in [0.3, 0.4) is 0 Å². The van der Waals surface area contributed by atoms with E-state index in [1.807, 2.05) is 18.2 Å². The molecule has 1 atom stereocenters. The normalized spacial score (nSPS) is 20.2. The molecule has 0 unspecified atom stereocenters. The van der Waals surface area contributed by atoms with Gasteiger partial charge in [-0.2, -0.15) is 0 Å². The van der Waals surface area contributed by atoms with Crippen molar-refractivity contribution in [2.75, 3.05) is 40.3 Å². The van der Waals surface area contributed by atoms with Crippen molar-refractivity contribution >= 4 is 11.8 Å². The van der Waals surface area contributed by atoms with Crippen LogP contribution in [0, 0.1) is 0 Å². The molecule has 1 fully saturated rings. The fourth-order valence-electron chi connectivity index (χ4n) is 2.69. The van der Waals surface area contributed by atoms with Gasteiger partial charge in [0.15, 0.2) is 0 Å². The minimum Gasteiger partial charge on any atom is -0.369 e. The van der Waals surface area contributed by atoms with Gasteiger partial charge in [-0.15, -0.1) is 0 Å². The molecule has 2 amide bonds. The van der Waals surface area contributed by atoms with Gasteiger partial charge in [-0.1, -0.05) is 12.1 Å². The first-order chi connectivity index (χ1) is 10.0. The standard InChI is InChI=1S/C15H22N4O2/c1-17-15(21)12-5-3-4-11(8-12)13-9-19(10-14(16)20)7-6-18(13)2/h3-5,8,13H,6-7,9-10H2,1-2H3,(H2,16,20)(H,17,21)/t13-/m1/s1. The number of hydrogen-bond acceptors (Lipinski definition) is 4. The summed E-state index contributed by atoms with van der Waals surface area (Å²) in [5.74, 6) is -0.401. The van der Waals surface area contributed by atoms with Gasteiger partial charge in [0, 0.05) is 38.3 Å². The van der Waals surface area contributed by atoms with Crippen molar-refractivity contribution in [1.82, 2.24) is 15.1 Å². The van der Waals surface area contributed by atoms with E-state index >= 15 is 0 Å². The molecule has 6 heteroatoms. The van der Waals surface area contributed by atoms with Gasteiger partial charge in [0.2, 0.25) is 5.91 Å². The summed E-state index contributed by atoms with van der Waals surface area (Å²) in [6, 6.07) is 7.77. The number of amides is 2. The number of piperazine rings is 1. The zero-order valence-electron chi connectivity index (χ0n) is 12.5. The predicted octanol–water partition coefficient (Wildman–Crippen LogP) is -0.180. The van der Waals surface area contributed by atoms with E-state index in [-0.39, 0.29) is 24.4 Å². The second kappa shape index (κ2) is 6.69. The van der Waals surface area contributed by atoms with Gasteiger partial charge < -0.3 is 11.1 Å². The van der Waals surface area contributed by atoms with Crippen LogP contribution in [-0.4, -0.2) is 61.9 Å². The number of rotatable bonds is 4. The second-order valence-electron chi connectivity index (χ2n) is 5.40. The third kappa shape index (κ3) is 3.80. The lowest BCUT2D eigenvalue weighted by molar-refractivity contribution is -0.119. The number of primary amides is 1. The molecule has 2 rings (SSSR count). The number of hydrogen-bond donors (Lipinski definition) is 2. The molecule has 0 aliphatic carbocycles. The maximum Gasteiger partial charge on any atom is 0.251 e. The molecule has 114 valence electrons. The Kier molecular flexibility index (Phi) is 4.93. The highest BCUT2D eigenvalue weighted by Crippen LogP contribution is 2.24. The van der Waals surface area contributed by atoms with E-state index in [0.29, 0.717) is 5.56 Å². The Morgan fingerprint density at radius 3 is 2.81 bits per heavy atom. The lowest BCUT2D eigenvalue weighted by atomic mass is 10.00. The van der Waals surface area contributed by atoms with Gasteiger partial charge in [-0.3, -0.25) is 19.4 Å². The molecular formula is C15H22N4O2. The number of carbonyl (C=O) groups is 2. The number of benzene rings is 1. The summed E-state index contributed by atoms with van der Waals surface area (Å²) in [7, 11) is 3.68. The molecular weight excluding hydrogens is 268 g/mol. The van der Waals surface area contributed by atoms with E-state index in [9.17, 15) is 9.59 Å². The highest BCUT2D eigenvalue weighted by atomic mass is 16.2. The van der Waals surface area contributed by atoms with Crippen LogP contribution in [0.2, 0.25) is 0 Å². The molecule has 0 bridgehead atoms.